The zero-order valence-corrected chi connectivity index (χ0v) is 10.9. The third-order valence-electron chi connectivity index (χ3n) is 4.11. The normalized spacial score (nSPS) is 26.8. The number of hydrogen-bond donors (Lipinski definition) is 1. The van der Waals surface area contributed by atoms with E-state index in [1.807, 2.05) is 18.2 Å². The lowest BCUT2D eigenvalue weighted by atomic mass is 9.90. The minimum absolute atomic E-state index is 0.308. The largest absolute Gasteiger partial charge is 0.481 e. The predicted molar refractivity (Wildman–Crippen MR) is 72.5 cm³/mol. The Hall–Kier alpha value is -1.55. The van der Waals surface area contributed by atoms with Crippen molar-refractivity contribution < 1.29 is 14.6 Å². The van der Waals surface area contributed by atoms with Crippen molar-refractivity contribution >= 4 is 11.7 Å². The first-order valence-corrected chi connectivity index (χ1v) is 6.91. The van der Waals surface area contributed by atoms with Crippen LogP contribution in [0.2, 0.25) is 0 Å². The molecule has 1 aromatic carbocycles. The molecule has 0 saturated carbocycles. The van der Waals surface area contributed by atoms with Crippen molar-refractivity contribution in [3.8, 4) is 0 Å². The van der Waals surface area contributed by atoms with Gasteiger partial charge in [-0.25, -0.2) is 0 Å². The lowest BCUT2D eigenvalue weighted by molar-refractivity contribution is -0.141. The van der Waals surface area contributed by atoms with E-state index >= 15 is 0 Å². The molecule has 2 aliphatic rings. The Balaban J connectivity index is 1.90. The molecule has 2 heterocycles. The van der Waals surface area contributed by atoms with Crippen molar-refractivity contribution in [2.24, 2.45) is 5.92 Å². The number of hydrogen-bond acceptors (Lipinski definition) is 3. The molecule has 0 amide bonds. The summed E-state index contributed by atoms with van der Waals surface area (Å²) in [5.74, 6) is -1.01. The first-order valence-electron chi connectivity index (χ1n) is 6.91. The summed E-state index contributed by atoms with van der Waals surface area (Å²) >= 11 is 0. The molecule has 0 radical (unpaired) electrons. The summed E-state index contributed by atoms with van der Waals surface area (Å²) in [5, 5.41) is 9.32. The molecule has 4 nitrogen and oxygen atoms in total. The van der Waals surface area contributed by atoms with E-state index in [1.54, 1.807) is 0 Å². The maximum atomic E-state index is 11.3. The van der Waals surface area contributed by atoms with Crippen LogP contribution in [0.4, 0.5) is 5.69 Å². The zero-order chi connectivity index (χ0) is 13.2. The molecular weight excluding hydrogens is 242 g/mol. The molecule has 1 saturated heterocycles. The van der Waals surface area contributed by atoms with Crippen LogP contribution in [0.3, 0.4) is 0 Å². The zero-order valence-electron chi connectivity index (χ0n) is 10.9. The SMILES string of the molecule is O=C(O)C1Cc2ccccc2N(C2CCCOC2)C1. The monoisotopic (exact) mass is 261 g/mol. The second kappa shape index (κ2) is 5.21. The number of ether oxygens (including phenoxy) is 1. The van der Waals surface area contributed by atoms with Crippen molar-refractivity contribution in [3.63, 3.8) is 0 Å². The van der Waals surface area contributed by atoms with Crippen LogP contribution in [-0.4, -0.2) is 36.9 Å². The molecule has 1 N–H and O–H groups in total. The second-order valence-electron chi connectivity index (χ2n) is 5.39. The van der Waals surface area contributed by atoms with E-state index in [0.717, 1.165) is 25.0 Å². The van der Waals surface area contributed by atoms with Crippen LogP contribution in [0.1, 0.15) is 18.4 Å². The number of anilines is 1. The molecule has 2 unspecified atom stereocenters. The van der Waals surface area contributed by atoms with Crippen molar-refractivity contribution in [1.29, 1.82) is 0 Å². The maximum absolute atomic E-state index is 11.3. The highest BCUT2D eigenvalue weighted by Crippen LogP contribution is 2.33. The van der Waals surface area contributed by atoms with Crippen molar-refractivity contribution in [2.45, 2.75) is 25.3 Å². The van der Waals surface area contributed by atoms with Crippen LogP contribution in [0.15, 0.2) is 24.3 Å². The van der Waals surface area contributed by atoms with Gasteiger partial charge in [0.2, 0.25) is 0 Å². The lowest BCUT2D eigenvalue weighted by Crippen LogP contribution is -2.48. The van der Waals surface area contributed by atoms with Crippen LogP contribution in [0.25, 0.3) is 0 Å². The molecule has 19 heavy (non-hydrogen) atoms. The van der Waals surface area contributed by atoms with E-state index in [4.69, 9.17) is 4.74 Å². The van der Waals surface area contributed by atoms with Crippen LogP contribution in [0.5, 0.6) is 0 Å². The van der Waals surface area contributed by atoms with Gasteiger partial charge in [-0.2, -0.15) is 0 Å². The molecular formula is C15H19NO3. The number of carbonyl (C=O) groups is 1. The van der Waals surface area contributed by atoms with E-state index in [2.05, 4.69) is 11.0 Å². The third-order valence-corrected chi connectivity index (χ3v) is 4.11. The van der Waals surface area contributed by atoms with Gasteiger partial charge in [-0.15, -0.1) is 0 Å². The van der Waals surface area contributed by atoms with Crippen molar-refractivity contribution in [3.05, 3.63) is 29.8 Å². The van der Waals surface area contributed by atoms with Crippen LogP contribution in [-0.2, 0) is 16.0 Å². The molecule has 0 spiro atoms. The fourth-order valence-corrected chi connectivity index (χ4v) is 3.11. The molecule has 102 valence electrons. The van der Waals surface area contributed by atoms with Gasteiger partial charge in [0.15, 0.2) is 0 Å². The van der Waals surface area contributed by atoms with Gasteiger partial charge in [-0.1, -0.05) is 18.2 Å². The number of para-hydroxylation sites is 1. The maximum Gasteiger partial charge on any atom is 0.308 e. The van der Waals surface area contributed by atoms with Crippen LogP contribution < -0.4 is 4.90 Å². The highest BCUT2D eigenvalue weighted by atomic mass is 16.5. The van der Waals surface area contributed by atoms with Gasteiger partial charge in [-0.3, -0.25) is 4.79 Å². The Bertz CT molecular complexity index is 468. The fourth-order valence-electron chi connectivity index (χ4n) is 3.11. The summed E-state index contributed by atoms with van der Waals surface area (Å²) in [6.07, 6.45) is 2.78. The summed E-state index contributed by atoms with van der Waals surface area (Å²) in [7, 11) is 0. The number of rotatable bonds is 2. The van der Waals surface area contributed by atoms with Crippen LogP contribution >= 0.6 is 0 Å². The van der Waals surface area contributed by atoms with Crippen molar-refractivity contribution in [1.82, 2.24) is 0 Å². The molecule has 2 atom stereocenters. The topological polar surface area (TPSA) is 49.8 Å². The van der Waals surface area contributed by atoms with E-state index in [9.17, 15) is 9.90 Å². The van der Waals surface area contributed by atoms with Gasteiger partial charge >= 0.3 is 5.97 Å². The first-order chi connectivity index (χ1) is 9.25. The Morgan fingerprint density at radius 2 is 2.21 bits per heavy atom. The fraction of sp³-hybridized carbons (Fsp3) is 0.533. The van der Waals surface area contributed by atoms with Gasteiger partial charge in [-0.05, 0) is 30.9 Å². The van der Waals surface area contributed by atoms with Crippen LogP contribution in [0, 0.1) is 5.92 Å². The molecule has 4 heteroatoms. The number of aliphatic carboxylic acids is 1. The average molecular weight is 261 g/mol. The summed E-state index contributed by atoms with van der Waals surface area (Å²) in [6, 6.07) is 8.47. The molecule has 1 fully saturated rings. The highest BCUT2D eigenvalue weighted by Gasteiger charge is 2.33. The van der Waals surface area contributed by atoms with Crippen molar-refractivity contribution in [2.75, 3.05) is 24.7 Å². The Labute approximate surface area is 113 Å². The van der Waals surface area contributed by atoms with Gasteiger partial charge < -0.3 is 14.7 Å². The molecule has 1 aromatic rings. The number of benzene rings is 1. The Kier molecular flexibility index (Phi) is 3.42. The average Bonchev–Trinajstić information content (AvgIpc) is 2.47. The molecule has 0 aliphatic carbocycles. The predicted octanol–water partition coefficient (Wildman–Crippen LogP) is 1.93. The third kappa shape index (κ3) is 2.45. The smallest absolute Gasteiger partial charge is 0.308 e. The molecule has 3 rings (SSSR count). The molecule has 2 aliphatic heterocycles. The summed E-state index contributed by atoms with van der Waals surface area (Å²) in [6.45, 7) is 2.13. The minimum atomic E-state index is -0.698. The highest BCUT2D eigenvalue weighted by molar-refractivity contribution is 5.74. The lowest BCUT2D eigenvalue weighted by Gasteiger charge is -2.41. The Morgan fingerprint density at radius 3 is 2.95 bits per heavy atom. The summed E-state index contributed by atoms with van der Waals surface area (Å²) in [5.41, 5.74) is 2.34. The molecule has 0 bridgehead atoms. The van der Waals surface area contributed by atoms with Gasteiger partial charge in [0.1, 0.15) is 0 Å². The van der Waals surface area contributed by atoms with Gasteiger partial charge in [0.25, 0.3) is 0 Å². The number of nitrogens with zero attached hydrogens (tertiary/aromatic N) is 1. The minimum Gasteiger partial charge on any atom is -0.481 e. The number of carboxylic acids is 1. The quantitative estimate of drug-likeness (QED) is 0.883. The standard InChI is InChI=1S/C15H19NO3/c17-15(18)12-8-11-4-1-2-6-14(11)16(9-12)13-5-3-7-19-10-13/h1-2,4,6,12-13H,3,5,7-10H2,(H,17,18). The molecule has 0 aromatic heterocycles. The van der Waals surface area contributed by atoms with Gasteiger partial charge in [0, 0.05) is 18.8 Å². The second-order valence-corrected chi connectivity index (χ2v) is 5.39. The van der Waals surface area contributed by atoms with Gasteiger partial charge in [0.05, 0.1) is 18.6 Å². The first kappa shape index (κ1) is 12.5. The summed E-state index contributed by atoms with van der Waals surface area (Å²) < 4.78 is 5.56. The van der Waals surface area contributed by atoms with E-state index in [0.29, 0.717) is 25.6 Å². The van der Waals surface area contributed by atoms with E-state index in [1.165, 1.54) is 5.69 Å². The summed E-state index contributed by atoms with van der Waals surface area (Å²) in [4.78, 5) is 13.6. The van der Waals surface area contributed by atoms with E-state index in [-0.39, 0.29) is 5.92 Å². The number of fused-ring (bicyclic) bond motifs is 1. The Morgan fingerprint density at radius 1 is 1.37 bits per heavy atom. The number of carboxylic acid groups (broad SMARTS) is 1. The van der Waals surface area contributed by atoms with E-state index < -0.39 is 5.97 Å².